The van der Waals surface area contributed by atoms with Crippen LogP contribution in [0.4, 0.5) is 0 Å². The highest BCUT2D eigenvalue weighted by atomic mass is 16.5. The van der Waals surface area contributed by atoms with Crippen molar-refractivity contribution in [3.05, 3.63) is 0 Å². The number of ether oxygens (including phenoxy) is 3. The average Bonchev–Trinajstić information content (AvgIpc) is 3.27. The molecule has 0 atom stereocenters. The fourth-order valence-corrected chi connectivity index (χ4v) is 3.21. The highest BCUT2D eigenvalue weighted by Gasteiger charge is 2.37. The zero-order chi connectivity index (χ0) is 15.2. The van der Waals surface area contributed by atoms with Crippen molar-refractivity contribution in [3.8, 4) is 0 Å². The van der Waals surface area contributed by atoms with Crippen LogP contribution in [0.3, 0.4) is 0 Å². The molecule has 1 aliphatic heterocycles. The summed E-state index contributed by atoms with van der Waals surface area (Å²) >= 11 is 0. The summed E-state index contributed by atoms with van der Waals surface area (Å²) in [6.07, 6.45) is 7.84. The van der Waals surface area contributed by atoms with E-state index in [2.05, 4.69) is 20.8 Å². The highest BCUT2D eigenvalue weighted by Crippen LogP contribution is 2.44. The molecule has 21 heavy (non-hydrogen) atoms. The van der Waals surface area contributed by atoms with Gasteiger partial charge in [-0.25, -0.2) is 0 Å². The predicted molar refractivity (Wildman–Crippen MR) is 85.5 cm³/mol. The molecule has 1 saturated heterocycles. The summed E-state index contributed by atoms with van der Waals surface area (Å²) in [5.41, 5.74) is 0.705. The molecule has 0 unspecified atom stereocenters. The molecule has 0 aromatic rings. The third kappa shape index (κ3) is 4.94. The quantitative estimate of drug-likeness (QED) is 0.509. The molecule has 0 spiro atoms. The van der Waals surface area contributed by atoms with Crippen LogP contribution in [0.1, 0.15) is 59.3 Å². The van der Waals surface area contributed by atoms with Gasteiger partial charge >= 0.3 is 0 Å². The maximum absolute atomic E-state index is 5.95. The van der Waals surface area contributed by atoms with Crippen LogP contribution in [0, 0.1) is 16.7 Å². The molecular formula is C18H34O3. The summed E-state index contributed by atoms with van der Waals surface area (Å²) in [7, 11) is 0. The first-order chi connectivity index (χ1) is 10.2. The van der Waals surface area contributed by atoms with E-state index in [0.29, 0.717) is 17.4 Å². The minimum atomic E-state index is 0.294. The molecule has 2 rings (SSSR count). The second-order valence-electron chi connectivity index (χ2n) is 7.31. The Morgan fingerprint density at radius 3 is 2.19 bits per heavy atom. The molecule has 2 fully saturated rings. The van der Waals surface area contributed by atoms with Crippen LogP contribution in [-0.2, 0) is 14.2 Å². The lowest BCUT2D eigenvalue weighted by Crippen LogP contribution is -2.45. The molecule has 124 valence electrons. The van der Waals surface area contributed by atoms with E-state index in [4.69, 9.17) is 14.2 Å². The standard InChI is InChI=1S/C18H34O3/c1-4-17(5-2,11-16-7-8-16)12-19-9-10-20-13-18(6-3)14-21-15-18/h16H,4-15H2,1-3H3. The molecule has 0 bridgehead atoms. The lowest BCUT2D eigenvalue weighted by atomic mass is 9.78. The first kappa shape index (κ1) is 17.2. The van der Waals surface area contributed by atoms with Crippen LogP contribution in [0.2, 0.25) is 0 Å². The maximum atomic E-state index is 5.95. The number of hydrogen-bond acceptors (Lipinski definition) is 3. The minimum absolute atomic E-state index is 0.294. The summed E-state index contributed by atoms with van der Waals surface area (Å²) in [5, 5.41) is 0. The Bertz CT molecular complexity index is 285. The van der Waals surface area contributed by atoms with Crippen molar-refractivity contribution in [1.82, 2.24) is 0 Å². The molecule has 2 aliphatic rings. The molecule has 0 aromatic heterocycles. The van der Waals surface area contributed by atoms with Gasteiger partial charge < -0.3 is 14.2 Å². The third-order valence-electron chi connectivity index (χ3n) is 5.67. The van der Waals surface area contributed by atoms with Gasteiger partial charge in [0.05, 0.1) is 39.6 Å². The molecule has 0 radical (unpaired) electrons. The van der Waals surface area contributed by atoms with E-state index in [1.54, 1.807) is 0 Å². The second kappa shape index (κ2) is 7.94. The normalized spacial score (nSPS) is 21.3. The van der Waals surface area contributed by atoms with E-state index in [1.807, 2.05) is 0 Å². The van der Waals surface area contributed by atoms with Crippen LogP contribution in [0.25, 0.3) is 0 Å². The van der Waals surface area contributed by atoms with Crippen molar-refractivity contribution in [1.29, 1.82) is 0 Å². The van der Waals surface area contributed by atoms with E-state index in [0.717, 1.165) is 45.4 Å². The molecule has 3 heteroatoms. The first-order valence-electron chi connectivity index (χ1n) is 8.91. The predicted octanol–water partition coefficient (Wildman–Crippen LogP) is 4.05. The van der Waals surface area contributed by atoms with Crippen molar-refractivity contribution < 1.29 is 14.2 Å². The van der Waals surface area contributed by atoms with Gasteiger partial charge in [0.1, 0.15) is 0 Å². The molecule has 0 aromatic carbocycles. The van der Waals surface area contributed by atoms with Gasteiger partial charge in [0, 0.05) is 5.41 Å². The summed E-state index contributed by atoms with van der Waals surface area (Å²) in [4.78, 5) is 0. The Labute approximate surface area is 130 Å². The lowest BCUT2D eigenvalue weighted by Gasteiger charge is -2.40. The van der Waals surface area contributed by atoms with Gasteiger partial charge in [0.15, 0.2) is 0 Å². The van der Waals surface area contributed by atoms with E-state index >= 15 is 0 Å². The van der Waals surface area contributed by atoms with Crippen LogP contribution in [0.15, 0.2) is 0 Å². The van der Waals surface area contributed by atoms with Crippen molar-refractivity contribution in [2.24, 2.45) is 16.7 Å². The number of rotatable bonds is 12. The summed E-state index contributed by atoms with van der Waals surface area (Å²) in [6.45, 7) is 11.7. The Hall–Kier alpha value is -0.120. The van der Waals surface area contributed by atoms with Gasteiger partial charge in [-0.1, -0.05) is 33.6 Å². The van der Waals surface area contributed by atoms with E-state index in [1.165, 1.54) is 32.1 Å². The van der Waals surface area contributed by atoms with Gasteiger partial charge in [0.25, 0.3) is 0 Å². The van der Waals surface area contributed by atoms with Gasteiger partial charge in [-0.05, 0) is 37.0 Å². The van der Waals surface area contributed by atoms with E-state index in [9.17, 15) is 0 Å². The fourth-order valence-electron chi connectivity index (χ4n) is 3.21. The molecule has 0 N–H and O–H groups in total. The Morgan fingerprint density at radius 1 is 1.05 bits per heavy atom. The Balaban J connectivity index is 1.57. The highest BCUT2D eigenvalue weighted by molar-refractivity contribution is 4.86. The molecular weight excluding hydrogens is 264 g/mol. The van der Waals surface area contributed by atoms with Gasteiger partial charge in [-0.2, -0.15) is 0 Å². The Kier molecular flexibility index (Phi) is 6.51. The SMILES string of the molecule is CCC1(COCCOCC(CC)(CC)CC2CC2)COC1. The van der Waals surface area contributed by atoms with E-state index < -0.39 is 0 Å². The first-order valence-corrected chi connectivity index (χ1v) is 8.91. The van der Waals surface area contributed by atoms with Crippen molar-refractivity contribution in [3.63, 3.8) is 0 Å². The van der Waals surface area contributed by atoms with Crippen molar-refractivity contribution >= 4 is 0 Å². The topological polar surface area (TPSA) is 27.7 Å². The van der Waals surface area contributed by atoms with Crippen molar-refractivity contribution in [2.45, 2.75) is 59.3 Å². The number of hydrogen-bond donors (Lipinski definition) is 0. The van der Waals surface area contributed by atoms with Gasteiger partial charge in [0.2, 0.25) is 0 Å². The molecule has 0 amide bonds. The molecule has 3 nitrogen and oxygen atoms in total. The lowest BCUT2D eigenvalue weighted by molar-refractivity contribution is -0.153. The van der Waals surface area contributed by atoms with Gasteiger partial charge in [-0.3, -0.25) is 0 Å². The monoisotopic (exact) mass is 298 g/mol. The summed E-state index contributed by atoms with van der Waals surface area (Å²) < 4.78 is 17.1. The Morgan fingerprint density at radius 2 is 1.71 bits per heavy atom. The second-order valence-corrected chi connectivity index (χ2v) is 7.31. The van der Waals surface area contributed by atoms with Gasteiger partial charge in [-0.15, -0.1) is 0 Å². The third-order valence-corrected chi connectivity index (χ3v) is 5.67. The van der Waals surface area contributed by atoms with Crippen LogP contribution < -0.4 is 0 Å². The minimum Gasteiger partial charge on any atom is -0.380 e. The zero-order valence-corrected chi connectivity index (χ0v) is 14.3. The summed E-state index contributed by atoms with van der Waals surface area (Å²) in [5.74, 6) is 0.979. The zero-order valence-electron chi connectivity index (χ0n) is 14.3. The van der Waals surface area contributed by atoms with Crippen LogP contribution in [-0.4, -0.2) is 39.6 Å². The molecule has 1 aliphatic carbocycles. The summed E-state index contributed by atoms with van der Waals surface area (Å²) in [6, 6.07) is 0. The average molecular weight is 298 g/mol. The largest absolute Gasteiger partial charge is 0.380 e. The fraction of sp³-hybridized carbons (Fsp3) is 1.00. The van der Waals surface area contributed by atoms with Crippen LogP contribution in [0.5, 0.6) is 0 Å². The van der Waals surface area contributed by atoms with Crippen LogP contribution >= 0.6 is 0 Å². The maximum Gasteiger partial charge on any atom is 0.0700 e. The smallest absolute Gasteiger partial charge is 0.0700 e. The van der Waals surface area contributed by atoms with E-state index in [-0.39, 0.29) is 0 Å². The molecule has 1 heterocycles. The molecule has 1 saturated carbocycles. The van der Waals surface area contributed by atoms with Crippen molar-refractivity contribution in [2.75, 3.05) is 39.6 Å².